The molecule has 3 rings (SSSR count). The predicted octanol–water partition coefficient (Wildman–Crippen LogP) is 3.87. The molecule has 8 nitrogen and oxygen atoms in total. The number of para-hydroxylation sites is 1. The van der Waals surface area contributed by atoms with E-state index in [0.717, 1.165) is 0 Å². The lowest BCUT2D eigenvalue weighted by atomic mass is 10.1. The Hall–Kier alpha value is -3.81. The normalized spacial score (nSPS) is 11.5. The van der Waals surface area contributed by atoms with Gasteiger partial charge in [0.15, 0.2) is 6.10 Å². The van der Waals surface area contributed by atoms with Gasteiger partial charge in [-0.3, -0.25) is 5.32 Å². The minimum absolute atomic E-state index is 0.131. The third kappa shape index (κ3) is 5.38. The third-order valence-electron chi connectivity index (χ3n) is 4.11. The molecule has 0 aliphatic heterocycles. The Kier molecular flexibility index (Phi) is 6.69. The predicted molar refractivity (Wildman–Crippen MR) is 109 cm³/mol. The van der Waals surface area contributed by atoms with Gasteiger partial charge in [0.2, 0.25) is 0 Å². The molecule has 0 saturated carbocycles. The fourth-order valence-electron chi connectivity index (χ4n) is 2.73. The molecule has 0 aliphatic rings. The van der Waals surface area contributed by atoms with E-state index in [4.69, 9.17) is 18.6 Å². The van der Waals surface area contributed by atoms with Gasteiger partial charge in [-0.1, -0.05) is 18.2 Å². The van der Waals surface area contributed by atoms with Crippen LogP contribution in [0.15, 0.2) is 63.8 Å². The topological polar surface area (TPSA) is 104 Å². The second kappa shape index (κ2) is 9.60. The Labute approximate surface area is 172 Å². The number of benzene rings is 2. The maximum absolute atomic E-state index is 12.3. The van der Waals surface area contributed by atoms with Crippen molar-refractivity contribution in [3.8, 4) is 5.75 Å². The molecular formula is C22H21NO7. The van der Waals surface area contributed by atoms with Gasteiger partial charge >= 0.3 is 17.7 Å². The van der Waals surface area contributed by atoms with Gasteiger partial charge in [0.05, 0.1) is 6.61 Å². The summed E-state index contributed by atoms with van der Waals surface area (Å²) >= 11 is 0. The lowest BCUT2D eigenvalue weighted by Gasteiger charge is -2.14. The lowest BCUT2D eigenvalue weighted by Crippen LogP contribution is -2.26. The minimum atomic E-state index is -0.820. The molecule has 0 unspecified atom stereocenters. The van der Waals surface area contributed by atoms with Crippen LogP contribution in [0, 0.1) is 0 Å². The van der Waals surface area contributed by atoms with Crippen LogP contribution in [-0.2, 0) is 20.9 Å². The molecule has 3 aromatic rings. The molecule has 0 fully saturated rings. The summed E-state index contributed by atoms with van der Waals surface area (Å²) in [6.45, 7) is 3.38. The molecule has 1 heterocycles. The molecule has 30 heavy (non-hydrogen) atoms. The standard InChI is InChI=1S/C22H21NO7/c1-3-27-22(26)23-16-9-10-18-15(11-20(24)30-19(18)12-16)13-28-21(25)14(2)29-17-7-5-4-6-8-17/h4-12,14H,3,13H2,1-2H3,(H,23,26)/t14-/m0/s1. The average molecular weight is 411 g/mol. The molecule has 1 N–H and O–H groups in total. The smallest absolute Gasteiger partial charge is 0.411 e. The number of carbonyl (C=O) groups is 2. The minimum Gasteiger partial charge on any atom is -0.479 e. The van der Waals surface area contributed by atoms with Gasteiger partial charge in [0, 0.05) is 28.8 Å². The van der Waals surface area contributed by atoms with Crippen molar-refractivity contribution in [2.24, 2.45) is 0 Å². The Morgan fingerprint density at radius 3 is 2.57 bits per heavy atom. The van der Waals surface area contributed by atoms with Crippen LogP contribution in [0.2, 0.25) is 0 Å². The summed E-state index contributed by atoms with van der Waals surface area (Å²) in [7, 11) is 0. The van der Waals surface area contributed by atoms with Crippen LogP contribution in [0.1, 0.15) is 19.4 Å². The zero-order chi connectivity index (χ0) is 21.5. The summed E-state index contributed by atoms with van der Waals surface area (Å²) in [5.74, 6) is -0.0183. The number of anilines is 1. The van der Waals surface area contributed by atoms with Gasteiger partial charge in [-0.25, -0.2) is 14.4 Å². The molecule has 0 spiro atoms. The molecule has 1 amide bonds. The second-order valence-electron chi connectivity index (χ2n) is 6.33. The number of fused-ring (bicyclic) bond motifs is 1. The highest BCUT2D eigenvalue weighted by Gasteiger charge is 2.17. The molecule has 156 valence electrons. The fraction of sp³-hybridized carbons (Fsp3) is 0.227. The number of amides is 1. The molecule has 0 saturated heterocycles. The van der Waals surface area contributed by atoms with Crippen molar-refractivity contribution < 1.29 is 28.2 Å². The largest absolute Gasteiger partial charge is 0.479 e. The third-order valence-corrected chi connectivity index (χ3v) is 4.11. The molecule has 2 aromatic carbocycles. The summed E-state index contributed by atoms with van der Waals surface area (Å²) in [6.07, 6.45) is -1.43. The van der Waals surface area contributed by atoms with Crippen molar-refractivity contribution >= 4 is 28.7 Å². The number of esters is 1. The maximum Gasteiger partial charge on any atom is 0.411 e. The molecule has 8 heteroatoms. The number of rotatable bonds is 7. The average Bonchev–Trinajstić information content (AvgIpc) is 2.72. The first kappa shape index (κ1) is 20.9. The lowest BCUT2D eigenvalue weighted by molar-refractivity contribution is -0.152. The zero-order valence-corrected chi connectivity index (χ0v) is 16.5. The fourth-order valence-corrected chi connectivity index (χ4v) is 2.73. The van der Waals surface area contributed by atoms with E-state index in [1.807, 2.05) is 6.07 Å². The van der Waals surface area contributed by atoms with Crippen molar-refractivity contribution in [1.82, 2.24) is 0 Å². The molecule has 1 aromatic heterocycles. The van der Waals surface area contributed by atoms with Crippen LogP contribution in [0.3, 0.4) is 0 Å². The summed E-state index contributed by atoms with van der Waals surface area (Å²) < 4.78 is 20.9. The first-order chi connectivity index (χ1) is 14.5. The quantitative estimate of drug-likeness (QED) is 0.465. The van der Waals surface area contributed by atoms with Crippen LogP contribution in [0.4, 0.5) is 10.5 Å². The van der Waals surface area contributed by atoms with Crippen molar-refractivity contribution in [3.05, 3.63) is 70.6 Å². The van der Waals surface area contributed by atoms with Crippen molar-refractivity contribution in [2.45, 2.75) is 26.6 Å². The van der Waals surface area contributed by atoms with Gasteiger partial charge < -0.3 is 18.6 Å². The Morgan fingerprint density at radius 2 is 1.83 bits per heavy atom. The highest BCUT2D eigenvalue weighted by atomic mass is 16.6. The number of carbonyl (C=O) groups excluding carboxylic acids is 2. The van der Waals surface area contributed by atoms with Gasteiger partial charge in [0.1, 0.15) is 17.9 Å². The molecule has 0 aliphatic carbocycles. The van der Waals surface area contributed by atoms with Crippen LogP contribution in [-0.4, -0.2) is 24.8 Å². The number of hydrogen-bond donors (Lipinski definition) is 1. The van der Waals surface area contributed by atoms with Crippen LogP contribution < -0.4 is 15.7 Å². The highest BCUT2D eigenvalue weighted by molar-refractivity contribution is 5.90. The SMILES string of the molecule is CCOC(=O)Nc1ccc2c(COC(=O)[C@H](C)Oc3ccccc3)cc(=O)oc2c1. The summed E-state index contributed by atoms with van der Waals surface area (Å²) in [4.78, 5) is 35.7. The van der Waals surface area contributed by atoms with E-state index in [1.165, 1.54) is 12.1 Å². The molecule has 0 bridgehead atoms. The summed E-state index contributed by atoms with van der Waals surface area (Å²) in [5.41, 5.74) is 0.527. The second-order valence-corrected chi connectivity index (χ2v) is 6.33. The van der Waals surface area contributed by atoms with E-state index >= 15 is 0 Å². The first-order valence-corrected chi connectivity index (χ1v) is 9.35. The van der Waals surface area contributed by atoms with Crippen LogP contribution >= 0.6 is 0 Å². The zero-order valence-electron chi connectivity index (χ0n) is 16.5. The Bertz CT molecular complexity index is 1090. The molecule has 0 radical (unpaired) electrons. The summed E-state index contributed by atoms with van der Waals surface area (Å²) in [6, 6.07) is 15.0. The van der Waals surface area contributed by atoms with Gasteiger partial charge in [-0.15, -0.1) is 0 Å². The monoisotopic (exact) mass is 411 g/mol. The van der Waals surface area contributed by atoms with Gasteiger partial charge in [-0.05, 0) is 38.1 Å². The molecule has 1 atom stereocenters. The highest BCUT2D eigenvalue weighted by Crippen LogP contribution is 2.22. The van der Waals surface area contributed by atoms with Gasteiger partial charge in [0.25, 0.3) is 0 Å². The van der Waals surface area contributed by atoms with Crippen molar-refractivity contribution in [3.63, 3.8) is 0 Å². The van der Waals surface area contributed by atoms with E-state index in [9.17, 15) is 14.4 Å². The Morgan fingerprint density at radius 1 is 1.07 bits per heavy atom. The van der Waals surface area contributed by atoms with E-state index in [2.05, 4.69) is 5.32 Å². The van der Waals surface area contributed by atoms with E-state index < -0.39 is 23.8 Å². The maximum atomic E-state index is 12.3. The van der Waals surface area contributed by atoms with Crippen LogP contribution in [0.25, 0.3) is 11.0 Å². The van der Waals surface area contributed by atoms with Gasteiger partial charge in [-0.2, -0.15) is 0 Å². The van der Waals surface area contributed by atoms with Crippen molar-refractivity contribution in [1.29, 1.82) is 0 Å². The summed E-state index contributed by atoms with van der Waals surface area (Å²) in [5, 5.41) is 3.11. The number of ether oxygens (including phenoxy) is 3. The number of nitrogens with one attached hydrogen (secondary N) is 1. The van der Waals surface area contributed by atoms with E-state index in [-0.39, 0.29) is 18.8 Å². The number of hydrogen-bond acceptors (Lipinski definition) is 7. The van der Waals surface area contributed by atoms with Crippen molar-refractivity contribution in [2.75, 3.05) is 11.9 Å². The van der Waals surface area contributed by atoms with Crippen LogP contribution in [0.5, 0.6) is 5.75 Å². The van der Waals surface area contributed by atoms with E-state index in [1.54, 1.807) is 50.2 Å². The van der Waals surface area contributed by atoms with E-state index in [0.29, 0.717) is 22.4 Å². The Balaban J connectivity index is 1.71. The molecular weight excluding hydrogens is 390 g/mol. The first-order valence-electron chi connectivity index (χ1n) is 9.35.